The molecule has 9 heteroatoms. The van der Waals surface area contributed by atoms with Crippen LogP contribution in [0.15, 0.2) is 11.4 Å². The molecule has 0 spiro atoms. The predicted molar refractivity (Wildman–Crippen MR) is 66.1 cm³/mol. The molecule has 8 nitrogen and oxygen atoms in total. The molecule has 102 valence electrons. The van der Waals surface area contributed by atoms with Gasteiger partial charge in [-0.1, -0.05) is 0 Å². The van der Waals surface area contributed by atoms with Crippen LogP contribution in [0.1, 0.15) is 6.92 Å². The SMILES string of the molecule is CCNC(=O)CN(C)S(=O)(=O)c1c(N)ncn1C. The minimum absolute atomic E-state index is 0.0831. The topological polar surface area (TPSA) is 110 Å². The number of sulfonamides is 1. The summed E-state index contributed by atoms with van der Waals surface area (Å²) in [5.41, 5.74) is 5.52. The molecule has 0 atom stereocenters. The molecule has 0 unspecified atom stereocenters. The van der Waals surface area contributed by atoms with Crippen LogP contribution in [-0.2, 0) is 21.9 Å². The molecule has 0 aliphatic heterocycles. The van der Waals surface area contributed by atoms with Crippen LogP contribution in [0, 0.1) is 0 Å². The number of nitrogens with two attached hydrogens (primary N) is 1. The highest BCUT2D eigenvalue weighted by Crippen LogP contribution is 2.18. The number of nitrogen functional groups attached to an aromatic ring is 1. The molecule has 0 saturated heterocycles. The number of imidazole rings is 1. The Bertz CT molecular complexity index is 517. The van der Waals surface area contributed by atoms with E-state index in [9.17, 15) is 13.2 Å². The van der Waals surface area contributed by atoms with Gasteiger partial charge in [0, 0.05) is 20.6 Å². The van der Waals surface area contributed by atoms with Crippen LogP contribution in [0.25, 0.3) is 0 Å². The summed E-state index contributed by atoms with van der Waals surface area (Å²) in [6, 6.07) is 0. The fourth-order valence-electron chi connectivity index (χ4n) is 1.44. The Labute approximate surface area is 106 Å². The maximum Gasteiger partial charge on any atom is 0.262 e. The van der Waals surface area contributed by atoms with Gasteiger partial charge in [-0.15, -0.1) is 0 Å². The Morgan fingerprint density at radius 1 is 1.61 bits per heavy atom. The average molecular weight is 275 g/mol. The summed E-state index contributed by atoms with van der Waals surface area (Å²) in [6.07, 6.45) is 1.31. The van der Waals surface area contributed by atoms with E-state index in [1.54, 1.807) is 6.92 Å². The van der Waals surface area contributed by atoms with E-state index in [2.05, 4.69) is 10.3 Å². The van der Waals surface area contributed by atoms with Gasteiger partial charge in [0.2, 0.25) is 5.91 Å². The number of carbonyl (C=O) groups is 1. The smallest absolute Gasteiger partial charge is 0.262 e. The number of nitrogens with one attached hydrogen (secondary N) is 1. The van der Waals surface area contributed by atoms with Gasteiger partial charge in [-0.05, 0) is 6.92 Å². The Hall–Kier alpha value is -1.61. The summed E-state index contributed by atoms with van der Waals surface area (Å²) in [6.45, 7) is 1.94. The van der Waals surface area contributed by atoms with Crippen LogP contribution in [0.5, 0.6) is 0 Å². The van der Waals surface area contributed by atoms with Crippen molar-refractivity contribution in [2.45, 2.75) is 11.9 Å². The lowest BCUT2D eigenvalue weighted by Gasteiger charge is -2.16. The molecule has 0 aromatic carbocycles. The van der Waals surface area contributed by atoms with E-state index in [1.165, 1.54) is 25.0 Å². The van der Waals surface area contributed by atoms with Gasteiger partial charge in [0.25, 0.3) is 10.0 Å². The number of likely N-dealkylation sites (N-methyl/N-ethyl adjacent to an activating group) is 2. The highest BCUT2D eigenvalue weighted by atomic mass is 32.2. The molecule has 1 heterocycles. The van der Waals surface area contributed by atoms with E-state index in [4.69, 9.17) is 5.73 Å². The van der Waals surface area contributed by atoms with Crippen molar-refractivity contribution >= 4 is 21.7 Å². The Morgan fingerprint density at radius 2 is 2.22 bits per heavy atom. The Balaban J connectivity index is 2.97. The van der Waals surface area contributed by atoms with Gasteiger partial charge in [0.1, 0.15) is 0 Å². The van der Waals surface area contributed by atoms with Crippen molar-refractivity contribution in [2.75, 3.05) is 25.9 Å². The number of hydrogen-bond donors (Lipinski definition) is 2. The van der Waals surface area contributed by atoms with Gasteiger partial charge in [-0.25, -0.2) is 13.4 Å². The van der Waals surface area contributed by atoms with Crippen molar-refractivity contribution in [3.63, 3.8) is 0 Å². The molecule has 1 rings (SSSR count). The number of rotatable bonds is 5. The third kappa shape index (κ3) is 2.79. The summed E-state index contributed by atoms with van der Waals surface area (Å²) < 4.78 is 26.6. The van der Waals surface area contributed by atoms with Crippen LogP contribution in [-0.4, -0.2) is 48.3 Å². The first kappa shape index (κ1) is 14.5. The van der Waals surface area contributed by atoms with Gasteiger partial charge in [-0.2, -0.15) is 4.31 Å². The molecular formula is C9H17N5O3S. The van der Waals surface area contributed by atoms with Crippen molar-refractivity contribution < 1.29 is 13.2 Å². The number of aromatic nitrogens is 2. The van der Waals surface area contributed by atoms with Crippen LogP contribution in [0.3, 0.4) is 0 Å². The lowest BCUT2D eigenvalue weighted by molar-refractivity contribution is -0.121. The maximum absolute atomic E-state index is 12.2. The zero-order valence-corrected chi connectivity index (χ0v) is 11.4. The fourth-order valence-corrected chi connectivity index (χ4v) is 2.75. The van der Waals surface area contributed by atoms with E-state index in [0.29, 0.717) is 6.54 Å². The largest absolute Gasteiger partial charge is 0.381 e. The van der Waals surface area contributed by atoms with Gasteiger partial charge in [-0.3, -0.25) is 4.79 Å². The zero-order valence-electron chi connectivity index (χ0n) is 10.5. The minimum Gasteiger partial charge on any atom is -0.381 e. The fraction of sp³-hybridized carbons (Fsp3) is 0.556. The summed E-state index contributed by atoms with van der Waals surface area (Å²) in [7, 11) is -0.982. The second-order valence-corrected chi connectivity index (χ2v) is 5.72. The third-order valence-corrected chi connectivity index (χ3v) is 4.24. The molecule has 0 aliphatic rings. The molecule has 0 bridgehead atoms. The molecule has 0 fully saturated rings. The predicted octanol–water partition coefficient (Wildman–Crippen LogP) is -1.24. The van der Waals surface area contributed by atoms with Crippen LogP contribution in [0.2, 0.25) is 0 Å². The van der Waals surface area contributed by atoms with E-state index >= 15 is 0 Å². The maximum atomic E-state index is 12.2. The Morgan fingerprint density at radius 3 is 2.67 bits per heavy atom. The van der Waals surface area contributed by atoms with E-state index in [-0.39, 0.29) is 23.3 Å². The van der Waals surface area contributed by atoms with Crippen LogP contribution >= 0.6 is 0 Å². The molecule has 0 aliphatic carbocycles. The molecule has 1 aromatic heterocycles. The Kier molecular flexibility index (Phi) is 4.30. The number of anilines is 1. The average Bonchev–Trinajstić information content (AvgIpc) is 2.59. The van der Waals surface area contributed by atoms with Gasteiger partial charge in [0.05, 0.1) is 12.9 Å². The second kappa shape index (κ2) is 5.36. The van der Waals surface area contributed by atoms with Crippen molar-refractivity contribution in [3.8, 4) is 0 Å². The van der Waals surface area contributed by atoms with E-state index in [0.717, 1.165) is 4.31 Å². The number of amides is 1. The highest BCUT2D eigenvalue weighted by Gasteiger charge is 2.28. The monoisotopic (exact) mass is 275 g/mol. The highest BCUT2D eigenvalue weighted by molar-refractivity contribution is 7.89. The third-order valence-electron chi connectivity index (χ3n) is 2.30. The first-order chi connectivity index (χ1) is 8.30. The molecule has 1 aromatic rings. The number of hydrogen-bond acceptors (Lipinski definition) is 5. The zero-order chi connectivity index (χ0) is 13.9. The van der Waals surface area contributed by atoms with Crippen molar-refractivity contribution in [3.05, 3.63) is 6.33 Å². The summed E-state index contributed by atoms with van der Waals surface area (Å²) >= 11 is 0. The van der Waals surface area contributed by atoms with E-state index in [1.807, 2.05) is 0 Å². The van der Waals surface area contributed by atoms with E-state index < -0.39 is 10.0 Å². The first-order valence-corrected chi connectivity index (χ1v) is 6.74. The number of carbonyl (C=O) groups excluding carboxylic acids is 1. The summed E-state index contributed by atoms with van der Waals surface area (Å²) in [4.78, 5) is 15.1. The van der Waals surface area contributed by atoms with Gasteiger partial charge in [0.15, 0.2) is 10.8 Å². The second-order valence-electron chi connectivity index (χ2n) is 3.76. The molecule has 0 saturated carbocycles. The standard InChI is InChI=1S/C9H17N5O3S/c1-4-11-7(15)5-14(3)18(16,17)9-8(10)12-6-13(9)2/h6H,4-5,10H2,1-3H3,(H,11,15). The number of nitrogens with zero attached hydrogens (tertiary/aromatic N) is 3. The molecule has 18 heavy (non-hydrogen) atoms. The summed E-state index contributed by atoms with van der Waals surface area (Å²) in [5, 5.41) is 2.41. The lowest BCUT2D eigenvalue weighted by atomic mass is 10.5. The van der Waals surface area contributed by atoms with Gasteiger partial charge < -0.3 is 15.6 Å². The molecular weight excluding hydrogens is 258 g/mol. The molecule has 0 radical (unpaired) electrons. The first-order valence-electron chi connectivity index (χ1n) is 5.30. The molecule has 1 amide bonds. The summed E-state index contributed by atoms with van der Waals surface area (Å²) in [5.74, 6) is -0.454. The number of aryl methyl sites for hydroxylation is 1. The molecule has 3 N–H and O–H groups in total. The van der Waals surface area contributed by atoms with Gasteiger partial charge >= 0.3 is 0 Å². The van der Waals surface area contributed by atoms with Crippen molar-refractivity contribution in [1.29, 1.82) is 0 Å². The minimum atomic E-state index is -3.82. The van der Waals surface area contributed by atoms with Crippen molar-refractivity contribution in [2.24, 2.45) is 7.05 Å². The van der Waals surface area contributed by atoms with Crippen LogP contribution < -0.4 is 11.1 Å². The van der Waals surface area contributed by atoms with Crippen molar-refractivity contribution in [1.82, 2.24) is 19.2 Å². The normalized spacial score (nSPS) is 11.8. The quantitative estimate of drug-likeness (QED) is 0.698. The van der Waals surface area contributed by atoms with Crippen LogP contribution in [0.4, 0.5) is 5.82 Å². The lowest BCUT2D eigenvalue weighted by Crippen LogP contribution is -2.38.